The van der Waals surface area contributed by atoms with E-state index in [1.807, 2.05) is 4.68 Å². The number of aromatic nitrogens is 2. The van der Waals surface area contributed by atoms with E-state index in [0.29, 0.717) is 5.69 Å². The number of nitrogens with zero attached hydrogens (tertiary/aromatic N) is 2. The van der Waals surface area contributed by atoms with Crippen LogP contribution in [0.1, 0.15) is 42.6 Å². The van der Waals surface area contributed by atoms with E-state index in [0.717, 1.165) is 18.7 Å². The Hall–Kier alpha value is -1.12. The Labute approximate surface area is 84.1 Å². The lowest BCUT2D eigenvalue weighted by Gasteiger charge is -2.21. The average Bonchev–Trinajstić information content (AvgIpc) is 2.67. The Kier molecular flexibility index (Phi) is 2.96. The molecule has 76 valence electrons. The van der Waals surface area contributed by atoms with Gasteiger partial charge in [0.2, 0.25) is 0 Å². The molecule has 0 bridgehead atoms. The molecule has 1 fully saturated rings. The molecule has 1 saturated carbocycles. The Balaban J connectivity index is 1.98. The fourth-order valence-electron chi connectivity index (χ4n) is 2.21. The first-order valence-electron chi connectivity index (χ1n) is 5.37. The van der Waals surface area contributed by atoms with Gasteiger partial charge in [0, 0.05) is 12.7 Å². The highest BCUT2D eigenvalue weighted by Gasteiger charge is 2.15. The number of aldehydes is 1. The van der Waals surface area contributed by atoms with E-state index in [1.165, 1.54) is 32.1 Å². The predicted octanol–water partition coefficient (Wildman–Crippen LogP) is 2.28. The average molecular weight is 192 g/mol. The third kappa shape index (κ3) is 2.03. The number of hydrogen-bond acceptors (Lipinski definition) is 2. The van der Waals surface area contributed by atoms with Gasteiger partial charge in [-0.2, -0.15) is 5.10 Å². The van der Waals surface area contributed by atoms with E-state index < -0.39 is 0 Å². The van der Waals surface area contributed by atoms with Gasteiger partial charge in [-0.25, -0.2) is 0 Å². The molecule has 3 nitrogen and oxygen atoms in total. The largest absolute Gasteiger partial charge is 0.296 e. The maximum Gasteiger partial charge on any atom is 0.168 e. The zero-order valence-corrected chi connectivity index (χ0v) is 8.35. The summed E-state index contributed by atoms with van der Waals surface area (Å²) in [6, 6.07) is 1.77. The van der Waals surface area contributed by atoms with Crippen LogP contribution in [0.5, 0.6) is 0 Å². The predicted molar refractivity (Wildman–Crippen MR) is 54.2 cm³/mol. The molecule has 1 aliphatic rings. The molecule has 1 aliphatic carbocycles. The van der Waals surface area contributed by atoms with Crippen molar-refractivity contribution in [2.24, 2.45) is 5.92 Å². The molecule has 1 heterocycles. The number of carbonyl (C=O) groups is 1. The van der Waals surface area contributed by atoms with E-state index >= 15 is 0 Å². The summed E-state index contributed by atoms with van der Waals surface area (Å²) < 4.78 is 1.84. The van der Waals surface area contributed by atoms with Crippen LogP contribution in [0, 0.1) is 5.92 Å². The molecule has 1 aromatic heterocycles. The van der Waals surface area contributed by atoms with Crippen molar-refractivity contribution in [2.45, 2.75) is 38.6 Å². The van der Waals surface area contributed by atoms with Crippen LogP contribution in [-0.2, 0) is 6.54 Å². The first-order chi connectivity index (χ1) is 6.90. The summed E-state index contributed by atoms with van der Waals surface area (Å²) in [6.45, 7) is 0.918. The van der Waals surface area contributed by atoms with Crippen LogP contribution in [0.4, 0.5) is 0 Å². The second-order valence-corrected chi connectivity index (χ2v) is 4.06. The fraction of sp³-hybridized carbons (Fsp3) is 0.636. The van der Waals surface area contributed by atoms with E-state index in [2.05, 4.69) is 5.10 Å². The molecule has 1 aromatic rings. The minimum Gasteiger partial charge on any atom is -0.296 e. The lowest BCUT2D eigenvalue weighted by Crippen LogP contribution is -2.16. The van der Waals surface area contributed by atoms with E-state index in [4.69, 9.17) is 0 Å². The van der Waals surface area contributed by atoms with Crippen LogP contribution in [0.2, 0.25) is 0 Å². The van der Waals surface area contributed by atoms with Crippen molar-refractivity contribution in [3.63, 3.8) is 0 Å². The van der Waals surface area contributed by atoms with Crippen LogP contribution < -0.4 is 0 Å². The van der Waals surface area contributed by atoms with Crippen LogP contribution in [-0.4, -0.2) is 16.1 Å². The van der Waals surface area contributed by atoms with Crippen molar-refractivity contribution in [3.05, 3.63) is 18.0 Å². The summed E-state index contributed by atoms with van der Waals surface area (Å²) in [6.07, 6.45) is 9.21. The molecular weight excluding hydrogens is 176 g/mol. The number of rotatable bonds is 3. The monoisotopic (exact) mass is 192 g/mol. The molecular formula is C11H16N2O. The van der Waals surface area contributed by atoms with Crippen LogP contribution in [0.3, 0.4) is 0 Å². The maximum atomic E-state index is 10.7. The summed E-state index contributed by atoms with van der Waals surface area (Å²) in [5.74, 6) is 0.724. The first kappa shape index (κ1) is 9.44. The van der Waals surface area contributed by atoms with Gasteiger partial charge in [0.15, 0.2) is 6.29 Å². The van der Waals surface area contributed by atoms with Crippen LogP contribution >= 0.6 is 0 Å². The molecule has 2 rings (SSSR count). The molecule has 14 heavy (non-hydrogen) atoms. The third-order valence-electron chi connectivity index (χ3n) is 3.03. The third-order valence-corrected chi connectivity index (χ3v) is 3.03. The summed E-state index contributed by atoms with van der Waals surface area (Å²) >= 11 is 0. The van der Waals surface area contributed by atoms with Gasteiger partial charge in [0.05, 0.1) is 0 Å². The SMILES string of the molecule is O=Cc1ccnn1CC1CCCCC1. The topological polar surface area (TPSA) is 34.9 Å². The van der Waals surface area contributed by atoms with Crippen molar-refractivity contribution in [3.8, 4) is 0 Å². The molecule has 0 amide bonds. The van der Waals surface area contributed by atoms with E-state index in [-0.39, 0.29) is 0 Å². The molecule has 0 radical (unpaired) electrons. The van der Waals surface area contributed by atoms with E-state index in [1.54, 1.807) is 12.3 Å². The molecule has 0 unspecified atom stereocenters. The smallest absolute Gasteiger partial charge is 0.168 e. The van der Waals surface area contributed by atoms with Crippen molar-refractivity contribution in [2.75, 3.05) is 0 Å². The summed E-state index contributed by atoms with van der Waals surface area (Å²) in [4.78, 5) is 10.7. The zero-order chi connectivity index (χ0) is 9.80. The minimum absolute atomic E-state index is 0.704. The lowest BCUT2D eigenvalue weighted by molar-refractivity contribution is 0.111. The lowest BCUT2D eigenvalue weighted by atomic mass is 9.89. The van der Waals surface area contributed by atoms with Gasteiger partial charge in [-0.05, 0) is 24.8 Å². The van der Waals surface area contributed by atoms with E-state index in [9.17, 15) is 4.79 Å². The second kappa shape index (κ2) is 4.40. The van der Waals surface area contributed by atoms with Crippen molar-refractivity contribution in [1.29, 1.82) is 0 Å². The molecule has 0 spiro atoms. The molecule has 0 N–H and O–H groups in total. The Morgan fingerprint density at radius 1 is 1.43 bits per heavy atom. The Morgan fingerprint density at radius 3 is 2.93 bits per heavy atom. The molecule has 0 aromatic carbocycles. The van der Waals surface area contributed by atoms with Crippen molar-refractivity contribution in [1.82, 2.24) is 9.78 Å². The summed E-state index contributed by atoms with van der Waals surface area (Å²) in [7, 11) is 0. The Bertz CT molecular complexity index is 300. The quantitative estimate of drug-likeness (QED) is 0.688. The Morgan fingerprint density at radius 2 is 2.21 bits per heavy atom. The number of hydrogen-bond donors (Lipinski definition) is 0. The highest BCUT2D eigenvalue weighted by atomic mass is 16.1. The molecule has 0 atom stereocenters. The highest BCUT2D eigenvalue weighted by Crippen LogP contribution is 2.24. The highest BCUT2D eigenvalue weighted by molar-refractivity contribution is 5.71. The van der Waals surface area contributed by atoms with Crippen LogP contribution in [0.15, 0.2) is 12.3 Å². The second-order valence-electron chi connectivity index (χ2n) is 4.06. The van der Waals surface area contributed by atoms with Gasteiger partial charge in [-0.1, -0.05) is 19.3 Å². The van der Waals surface area contributed by atoms with Crippen LogP contribution in [0.25, 0.3) is 0 Å². The van der Waals surface area contributed by atoms with Gasteiger partial charge in [-0.3, -0.25) is 9.48 Å². The van der Waals surface area contributed by atoms with Gasteiger partial charge < -0.3 is 0 Å². The van der Waals surface area contributed by atoms with Crippen molar-refractivity contribution < 1.29 is 4.79 Å². The molecule has 3 heteroatoms. The van der Waals surface area contributed by atoms with Gasteiger partial charge in [0.1, 0.15) is 5.69 Å². The number of carbonyl (C=O) groups excluding carboxylic acids is 1. The standard InChI is InChI=1S/C11H16N2O/c14-9-11-6-7-12-13(11)8-10-4-2-1-3-5-10/h6-7,9-10H,1-5,8H2. The van der Waals surface area contributed by atoms with Gasteiger partial charge in [-0.15, -0.1) is 0 Å². The summed E-state index contributed by atoms with van der Waals surface area (Å²) in [5.41, 5.74) is 0.704. The van der Waals surface area contributed by atoms with Crippen molar-refractivity contribution >= 4 is 6.29 Å². The first-order valence-corrected chi connectivity index (χ1v) is 5.37. The van der Waals surface area contributed by atoms with Gasteiger partial charge >= 0.3 is 0 Å². The minimum atomic E-state index is 0.704. The molecule has 0 saturated heterocycles. The summed E-state index contributed by atoms with van der Waals surface area (Å²) in [5, 5.41) is 4.17. The van der Waals surface area contributed by atoms with Gasteiger partial charge in [0.25, 0.3) is 0 Å². The zero-order valence-electron chi connectivity index (χ0n) is 8.35. The molecule has 0 aliphatic heterocycles. The normalized spacial score (nSPS) is 18.3. The fourth-order valence-corrected chi connectivity index (χ4v) is 2.21. The maximum absolute atomic E-state index is 10.7.